The number of anilines is 1. The molecule has 0 aliphatic rings. The maximum Gasteiger partial charge on any atom is 0.255 e. The van der Waals surface area contributed by atoms with E-state index >= 15 is 0 Å². The largest absolute Gasteiger partial charge is 0.322 e. The fraction of sp³-hybridized carbons (Fsp3) is 0.286. The van der Waals surface area contributed by atoms with E-state index in [1.165, 1.54) is 5.56 Å². The van der Waals surface area contributed by atoms with Crippen molar-refractivity contribution in [3.05, 3.63) is 78.4 Å². The molecule has 0 saturated carbocycles. The van der Waals surface area contributed by atoms with Crippen molar-refractivity contribution in [1.82, 2.24) is 19.7 Å². The molecular formula is C21H25N5O. The smallest absolute Gasteiger partial charge is 0.255 e. The van der Waals surface area contributed by atoms with E-state index in [-0.39, 0.29) is 11.9 Å². The van der Waals surface area contributed by atoms with E-state index in [2.05, 4.69) is 40.3 Å². The second kappa shape index (κ2) is 9.09. The van der Waals surface area contributed by atoms with E-state index in [9.17, 15) is 4.79 Å². The third kappa shape index (κ3) is 5.24. The number of carbonyl (C=O) groups is 1. The quantitative estimate of drug-likeness (QED) is 0.664. The van der Waals surface area contributed by atoms with Crippen LogP contribution in [0.1, 0.15) is 35.3 Å². The summed E-state index contributed by atoms with van der Waals surface area (Å²) in [6, 6.07) is 17.5. The summed E-state index contributed by atoms with van der Waals surface area (Å²) >= 11 is 0. The zero-order valence-electron chi connectivity index (χ0n) is 15.7. The molecule has 1 unspecified atom stereocenters. The summed E-state index contributed by atoms with van der Waals surface area (Å²) in [5.41, 5.74) is 2.63. The Morgan fingerprint density at radius 1 is 1.19 bits per heavy atom. The van der Waals surface area contributed by atoms with Crippen LogP contribution in [0.25, 0.3) is 0 Å². The first-order valence-electron chi connectivity index (χ1n) is 9.12. The van der Waals surface area contributed by atoms with Crippen LogP contribution in [0.2, 0.25) is 0 Å². The SMILES string of the molecule is CC(c1cccc(NC(=O)c2ccccc2)c1)N(C)CCCn1cncn1. The Bertz CT molecular complexity index is 848. The van der Waals surface area contributed by atoms with Gasteiger partial charge in [0, 0.05) is 30.4 Å². The molecule has 140 valence electrons. The standard InChI is InChI=1S/C21H25N5O/c1-17(25(2)12-7-13-26-16-22-15-23-26)19-10-6-11-20(14-19)24-21(27)18-8-4-3-5-9-18/h3-6,8-11,14-17H,7,12-13H2,1-2H3,(H,24,27). The number of nitrogens with zero attached hydrogens (tertiary/aromatic N) is 4. The molecule has 0 spiro atoms. The predicted molar refractivity (Wildman–Crippen MR) is 107 cm³/mol. The van der Waals surface area contributed by atoms with E-state index in [0.717, 1.165) is 25.2 Å². The Morgan fingerprint density at radius 2 is 2.00 bits per heavy atom. The minimum Gasteiger partial charge on any atom is -0.322 e. The molecule has 0 bridgehead atoms. The predicted octanol–water partition coefficient (Wildman–Crippen LogP) is 3.61. The third-order valence-electron chi connectivity index (χ3n) is 4.69. The van der Waals surface area contributed by atoms with Crippen LogP contribution in [0.4, 0.5) is 5.69 Å². The summed E-state index contributed by atoms with van der Waals surface area (Å²) in [6.45, 7) is 3.97. The summed E-state index contributed by atoms with van der Waals surface area (Å²) in [6.07, 6.45) is 4.29. The number of rotatable bonds is 8. The van der Waals surface area contributed by atoms with Gasteiger partial charge in [0.1, 0.15) is 12.7 Å². The zero-order chi connectivity index (χ0) is 19.1. The molecule has 0 saturated heterocycles. The topological polar surface area (TPSA) is 63.1 Å². The van der Waals surface area contributed by atoms with Gasteiger partial charge < -0.3 is 5.32 Å². The van der Waals surface area contributed by atoms with Gasteiger partial charge in [0.25, 0.3) is 5.91 Å². The lowest BCUT2D eigenvalue weighted by Gasteiger charge is -2.25. The number of nitrogens with one attached hydrogen (secondary N) is 1. The van der Waals surface area contributed by atoms with Crippen molar-refractivity contribution in [2.45, 2.75) is 25.9 Å². The van der Waals surface area contributed by atoms with Crippen LogP contribution in [0.5, 0.6) is 0 Å². The van der Waals surface area contributed by atoms with Gasteiger partial charge >= 0.3 is 0 Å². The Hall–Kier alpha value is -2.99. The zero-order valence-corrected chi connectivity index (χ0v) is 15.7. The van der Waals surface area contributed by atoms with Crippen LogP contribution in [-0.2, 0) is 6.54 Å². The van der Waals surface area contributed by atoms with E-state index < -0.39 is 0 Å². The van der Waals surface area contributed by atoms with Crippen LogP contribution in [0.3, 0.4) is 0 Å². The number of aromatic nitrogens is 3. The van der Waals surface area contributed by atoms with E-state index in [4.69, 9.17) is 0 Å². The second-order valence-electron chi connectivity index (χ2n) is 6.61. The minimum atomic E-state index is -0.0958. The summed E-state index contributed by atoms with van der Waals surface area (Å²) < 4.78 is 1.85. The van der Waals surface area contributed by atoms with Crippen molar-refractivity contribution in [3.63, 3.8) is 0 Å². The maximum atomic E-state index is 12.3. The number of amides is 1. The molecule has 1 heterocycles. The minimum absolute atomic E-state index is 0.0958. The molecule has 2 aromatic carbocycles. The van der Waals surface area contributed by atoms with Gasteiger partial charge in [-0.15, -0.1) is 0 Å². The molecule has 0 fully saturated rings. The Kier molecular flexibility index (Phi) is 6.33. The Balaban J connectivity index is 1.57. The first kappa shape index (κ1) is 18.8. The summed E-state index contributed by atoms with van der Waals surface area (Å²) in [4.78, 5) is 18.6. The molecule has 1 atom stereocenters. The highest BCUT2D eigenvalue weighted by atomic mass is 16.1. The number of hydrogen-bond acceptors (Lipinski definition) is 4. The molecule has 6 heteroatoms. The number of benzene rings is 2. The molecule has 1 amide bonds. The molecular weight excluding hydrogens is 338 g/mol. The lowest BCUT2D eigenvalue weighted by molar-refractivity contribution is 0.102. The first-order valence-corrected chi connectivity index (χ1v) is 9.12. The van der Waals surface area contributed by atoms with Crippen molar-refractivity contribution in [3.8, 4) is 0 Å². The number of aryl methyl sites for hydroxylation is 1. The monoisotopic (exact) mass is 363 g/mol. The highest BCUT2D eigenvalue weighted by Crippen LogP contribution is 2.22. The van der Waals surface area contributed by atoms with E-state index in [1.807, 2.05) is 53.2 Å². The van der Waals surface area contributed by atoms with Crippen molar-refractivity contribution in [2.75, 3.05) is 18.9 Å². The average molecular weight is 363 g/mol. The highest BCUT2D eigenvalue weighted by molar-refractivity contribution is 6.04. The lowest BCUT2D eigenvalue weighted by Crippen LogP contribution is -2.24. The molecule has 0 aliphatic carbocycles. The van der Waals surface area contributed by atoms with Gasteiger partial charge in [-0.05, 0) is 50.2 Å². The average Bonchev–Trinajstić information content (AvgIpc) is 3.21. The molecule has 3 rings (SSSR count). The second-order valence-corrected chi connectivity index (χ2v) is 6.61. The van der Waals surface area contributed by atoms with Crippen molar-refractivity contribution >= 4 is 11.6 Å². The van der Waals surface area contributed by atoms with Gasteiger partial charge in [0.2, 0.25) is 0 Å². The number of hydrogen-bond donors (Lipinski definition) is 1. The highest BCUT2D eigenvalue weighted by Gasteiger charge is 2.13. The molecule has 27 heavy (non-hydrogen) atoms. The van der Waals surface area contributed by atoms with Crippen molar-refractivity contribution in [2.24, 2.45) is 0 Å². The van der Waals surface area contributed by atoms with Gasteiger partial charge in [-0.2, -0.15) is 5.10 Å². The van der Waals surface area contributed by atoms with Crippen molar-refractivity contribution in [1.29, 1.82) is 0 Å². The third-order valence-corrected chi connectivity index (χ3v) is 4.69. The maximum absolute atomic E-state index is 12.3. The van der Waals surface area contributed by atoms with Gasteiger partial charge in [0.05, 0.1) is 0 Å². The molecule has 0 aliphatic heterocycles. The fourth-order valence-electron chi connectivity index (χ4n) is 2.95. The number of carbonyl (C=O) groups excluding carboxylic acids is 1. The summed E-state index contributed by atoms with van der Waals surface area (Å²) in [5, 5.41) is 7.11. The molecule has 0 radical (unpaired) electrons. The lowest BCUT2D eigenvalue weighted by atomic mass is 10.1. The normalized spacial score (nSPS) is 12.1. The first-order chi connectivity index (χ1) is 13.1. The Morgan fingerprint density at radius 3 is 2.74 bits per heavy atom. The van der Waals surface area contributed by atoms with E-state index in [0.29, 0.717) is 5.56 Å². The van der Waals surface area contributed by atoms with Gasteiger partial charge in [-0.1, -0.05) is 30.3 Å². The van der Waals surface area contributed by atoms with Crippen LogP contribution < -0.4 is 5.32 Å². The van der Waals surface area contributed by atoms with Gasteiger partial charge in [-0.25, -0.2) is 4.98 Å². The van der Waals surface area contributed by atoms with Gasteiger partial charge in [0.15, 0.2) is 0 Å². The van der Waals surface area contributed by atoms with Crippen molar-refractivity contribution < 1.29 is 4.79 Å². The molecule has 3 aromatic rings. The molecule has 1 aromatic heterocycles. The fourth-order valence-corrected chi connectivity index (χ4v) is 2.95. The van der Waals surface area contributed by atoms with Gasteiger partial charge in [-0.3, -0.25) is 14.4 Å². The van der Waals surface area contributed by atoms with Crippen LogP contribution in [0.15, 0.2) is 67.3 Å². The molecule has 6 nitrogen and oxygen atoms in total. The summed E-state index contributed by atoms with van der Waals surface area (Å²) in [5.74, 6) is -0.0958. The van der Waals surface area contributed by atoms with Crippen LogP contribution in [0, 0.1) is 0 Å². The van der Waals surface area contributed by atoms with E-state index in [1.54, 1.807) is 12.7 Å². The Labute approximate surface area is 159 Å². The summed E-state index contributed by atoms with van der Waals surface area (Å²) in [7, 11) is 2.11. The molecule has 1 N–H and O–H groups in total. The van der Waals surface area contributed by atoms with Crippen LogP contribution in [-0.4, -0.2) is 39.2 Å². The van der Waals surface area contributed by atoms with Crippen LogP contribution >= 0.6 is 0 Å².